The van der Waals surface area contributed by atoms with Crippen LogP contribution in [-0.2, 0) is 4.79 Å². The maximum Gasteiger partial charge on any atom is 0.224 e. The van der Waals surface area contributed by atoms with Gasteiger partial charge in [0.15, 0.2) is 0 Å². The Morgan fingerprint density at radius 2 is 1.94 bits per heavy atom. The second kappa shape index (κ2) is 6.02. The van der Waals surface area contributed by atoms with Crippen LogP contribution in [-0.4, -0.2) is 61.5 Å². The van der Waals surface area contributed by atoms with E-state index < -0.39 is 0 Å². The summed E-state index contributed by atoms with van der Waals surface area (Å²) in [7, 11) is 4.10. The van der Waals surface area contributed by atoms with Gasteiger partial charge in [-0.05, 0) is 26.9 Å². The lowest BCUT2D eigenvalue weighted by Gasteiger charge is -2.52. The van der Waals surface area contributed by atoms with Crippen LogP contribution in [0.1, 0.15) is 38.5 Å². The molecule has 1 amide bonds. The zero-order valence-corrected chi connectivity index (χ0v) is 11.9. The molecule has 0 bridgehead atoms. The van der Waals surface area contributed by atoms with Crippen molar-refractivity contribution in [1.29, 1.82) is 0 Å². The molecule has 0 unspecified atom stereocenters. The lowest BCUT2D eigenvalue weighted by atomic mass is 9.78. The number of piperazine rings is 1. The molecule has 4 nitrogen and oxygen atoms in total. The molecule has 1 spiro atoms. The molecule has 1 aliphatic heterocycles. The Hall–Kier alpha value is -0.610. The van der Waals surface area contributed by atoms with Crippen LogP contribution in [0.4, 0.5) is 0 Å². The summed E-state index contributed by atoms with van der Waals surface area (Å²) < 4.78 is 0. The fourth-order valence-electron chi connectivity index (χ4n) is 3.57. The van der Waals surface area contributed by atoms with Crippen molar-refractivity contribution in [3.8, 4) is 0 Å². The SMILES string of the molecule is CNCCC(=O)N1CCN(C)CC12CCCCC2. The second-order valence-electron chi connectivity index (χ2n) is 5.92. The quantitative estimate of drug-likeness (QED) is 0.817. The summed E-state index contributed by atoms with van der Waals surface area (Å²) in [5, 5.41) is 3.08. The third-order valence-electron chi connectivity index (χ3n) is 4.52. The molecule has 0 atom stereocenters. The van der Waals surface area contributed by atoms with E-state index >= 15 is 0 Å². The second-order valence-corrected chi connectivity index (χ2v) is 5.92. The minimum atomic E-state index is 0.149. The standard InChI is InChI=1S/C14H27N3O/c1-15-9-6-13(18)17-11-10-16(2)12-14(17)7-4-3-5-8-14/h15H,3-12H2,1-2H3. The number of hydrogen-bond donors (Lipinski definition) is 1. The van der Waals surface area contributed by atoms with Crippen LogP contribution in [0.3, 0.4) is 0 Å². The monoisotopic (exact) mass is 253 g/mol. The zero-order chi connectivity index (χ0) is 13.0. The highest BCUT2D eigenvalue weighted by Gasteiger charge is 2.43. The predicted molar refractivity (Wildman–Crippen MR) is 73.6 cm³/mol. The van der Waals surface area contributed by atoms with Crippen LogP contribution in [0.15, 0.2) is 0 Å². The van der Waals surface area contributed by atoms with Gasteiger partial charge in [0.25, 0.3) is 0 Å². The molecular formula is C14H27N3O. The highest BCUT2D eigenvalue weighted by atomic mass is 16.2. The Balaban J connectivity index is 2.07. The van der Waals surface area contributed by atoms with E-state index in [1.54, 1.807) is 0 Å². The molecule has 1 saturated carbocycles. The van der Waals surface area contributed by atoms with E-state index in [2.05, 4.69) is 22.2 Å². The maximum absolute atomic E-state index is 12.4. The number of rotatable bonds is 3. The van der Waals surface area contributed by atoms with Crippen molar-refractivity contribution in [2.45, 2.75) is 44.1 Å². The van der Waals surface area contributed by atoms with Gasteiger partial charge in [0, 0.05) is 32.6 Å². The highest BCUT2D eigenvalue weighted by molar-refractivity contribution is 5.77. The largest absolute Gasteiger partial charge is 0.334 e. The van der Waals surface area contributed by atoms with Crippen LogP contribution in [0.2, 0.25) is 0 Å². The molecular weight excluding hydrogens is 226 g/mol. The average Bonchev–Trinajstić information content (AvgIpc) is 2.37. The molecule has 2 rings (SSSR count). The Labute approximate surface area is 111 Å². The summed E-state index contributed by atoms with van der Waals surface area (Å²) in [6.45, 7) is 3.80. The Morgan fingerprint density at radius 1 is 1.22 bits per heavy atom. The summed E-state index contributed by atoms with van der Waals surface area (Å²) in [4.78, 5) is 17.0. The van der Waals surface area contributed by atoms with Gasteiger partial charge in [0.1, 0.15) is 0 Å². The van der Waals surface area contributed by atoms with E-state index in [4.69, 9.17) is 0 Å². The minimum Gasteiger partial charge on any atom is -0.334 e. The molecule has 0 aromatic heterocycles. The van der Waals surface area contributed by atoms with Crippen molar-refractivity contribution < 1.29 is 4.79 Å². The Kier molecular flexibility index (Phi) is 4.62. The van der Waals surface area contributed by atoms with Crippen molar-refractivity contribution in [3.63, 3.8) is 0 Å². The van der Waals surface area contributed by atoms with Gasteiger partial charge in [-0.25, -0.2) is 0 Å². The molecule has 2 aliphatic rings. The van der Waals surface area contributed by atoms with Crippen molar-refractivity contribution in [2.75, 3.05) is 40.3 Å². The van der Waals surface area contributed by atoms with Crippen molar-refractivity contribution in [2.24, 2.45) is 0 Å². The maximum atomic E-state index is 12.4. The first-order chi connectivity index (χ1) is 8.68. The summed E-state index contributed by atoms with van der Waals surface area (Å²) >= 11 is 0. The van der Waals surface area contributed by atoms with Gasteiger partial charge in [-0.1, -0.05) is 19.3 Å². The van der Waals surface area contributed by atoms with Crippen LogP contribution >= 0.6 is 0 Å². The van der Waals surface area contributed by atoms with Crippen molar-refractivity contribution >= 4 is 5.91 Å². The minimum absolute atomic E-state index is 0.149. The number of carbonyl (C=O) groups excluding carboxylic acids is 1. The summed E-state index contributed by atoms with van der Waals surface area (Å²) in [6, 6.07) is 0. The van der Waals surface area contributed by atoms with E-state index in [-0.39, 0.29) is 5.54 Å². The molecule has 0 radical (unpaired) electrons. The van der Waals surface area contributed by atoms with Gasteiger partial charge in [-0.2, -0.15) is 0 Å². The van der Waals surface area contributed by atoms with Gasteiger partial charge in [0.05, 0.1) is 5.54 Å². The number of hydrogen-bond acceptors (Lipinski definition) is 3. The smallest absolute Gasteiger partial charge is 0.224 e. The fraction of sp³-hybridized carbons (Fsp3) is 0.929. The number of amides is 1. The third-order valence-corrected chi connectivity index (χ3v) is 4.52. The summed E-state index contributed by atoms with van der Waals surface area (Å²) in [6.07, 6.45) is 6.94. The number of carbonyl (C=O) groups is 1. The van der Waals surface area contributed by atoms with E-state index in [1.165, 1.54) is 32.1 Å². The van der Waals surface area contributed by atoms with Crippen LogP contribution in [0, 0.1) is 0 Å². The topological polar surface area (TPSA) is 35.6 Å². The van der Waals surface area contributed by atoms with E-state index in [0.29, 0.717) is 12.3 Å². The molecule has 18 heavy (non-hydrogen) atoms. The molecule has 4 heteroatoms. The first-order valence-electron chi connectivity index (χ1n) is 7.32. The van der Waals surface area contributed by atoms with Crippen LogP contribution < -0.4 is 5.32 Å². The van der Waals surface area contributed by atoms with Crippen LogP contribution in [0.5, 0.6) is 0 Å². The van der Waals surface area contributed by atoms with Gasteiger partial charge in [-0.3, -0.25) is 4.79 Å². The lowest BCUT2D eigenvalue weighted by Crippen LogP contribution is -2.64. The normalized spacial score (nSPS) is 24.4. The fourth-order valence-corrected chi connectivity index (χ4v) is 3.57. The average molecular weight is 253 g/mol. The summed E-state index contributed by atoms with van der Waals surface area (Å²) in [5.74, 6) is 0.347. The molecule has 2 fully saturated rings. The predicted octanol–water partition coefficient (Wildman–Crippen LogP) is 1.07. The Morgan fingerprint density at radius 3 is 2.61 bits per heavy atom. The van der Waals surface area contributed by atoms with E-state index in [9.17, 15) is 4.79 Å². The lowest BCUT2D eigenvalue weighted by molar-refractivity contribution is -0.144. The zero-order valence-electron chi connectivity index (χ0n) is 11.9. The number of likely N-dealkylation sites (N-methyl/N-ethyl adjacent to an activating group) is 1. The van der Waals surface area contributed by atoms with E-state index in [1.807, 2.05) is 7.05 Å². The van der Waals surface area contributed by atoms with Crippen molar-refractivity contribution in [3.05, 3.63) is 0 Å². The molecule has 0 aromatic carbocycles. The third kappa shape index (κ3) is 2.86. The Bertz CT molecular complexity index is 287. The van der Waals surface area contributed by atoms with Crippen LogP contribution in [0.25, 0.3) is 0 Å². The van der Waals surface area contributed by atoms with Gasteiger partial charge < -0.3 is 15.1 Å². The van der Waals surface area contributed by atoms with Gasteiger partial charge in [0.2, 0.25) is 5.91 Å². The molecule has 0 aromatic rings. The molecule has 1 saturated heterocycles. The van der Waals surface area contributed by atoms with Crippen molar-refractivity contribution in [1.82, 2.24) is 15.1 Å². The molecule has 1 heterocycles. The number of nitrogens with one attached hydrogen (secondary N) is 1. The molecule has 104 valence electrons. The van der Waals surface area contributed by atoms with E-state index in [0.717, 1.165) is 26.2 Å². The van der Waals surface area contributed by atoms with Gasteiger partial charge in [-0.15, -0.1) is 0 Å². The first-order valence-corrected chi connectivity index (χ1v) is 7.32. The number of nitrogens with zero attached hydrogens (tertiary/aromatic N) is 2. The highest BCUT2D eigenvalue weighted by Crippen LogP contribution is 2.36. The molecule has 1 aliphatic carbocycles. The van der Waals surface area contributed by atoms with Gasteiger partial charge >= 0.3 is 0 Å². The first kappa shape index (κ1) is 13.8. The molecule has 1 N–H and O–H groups in total. The summed E-state index contributed by atoms with van der Waals surface area (Å²) in [5.41, 5.74) is 0.149.